The van der Waals surface area contributed by atoms with Gasteiger partial charge in [-0.2, -0.15) is 0 Å². The molecule has 0 radical (unpaired) electrons. The summed E-state index contributed by atoms with van der Waals surface area (Å²) in [7, 11) is 0. The van der Waals surface area contributed by atoms with Crippen LogP contribution >= 0.6 is 0 Å². The fourth-order valence-electron chi connectivity index (χ4n) is 1.91. The molecule has 0 fully saturated rings. The summed E-state index contributed by atoms with van der Waals surface area (Å²) in [6.45, 7) is 7.22. The van der Waals surface area contributed by atoms with Gasteiger partial charge in [-0.1, -0.05) is 70.8 Å². The minimum absolute atomic E-state index is 0.896. The Labute approximate surface area is 109 Å². The molecule has 0 aromatic rings. The van der Waals surface area contributed by atoms with Crippen molar-refractivity contribution in [1.29, 1.82) is 0 Å². The number of hydrogen-bond acceptors (Lipinski definition) is 1. The molecule has 0 heterocycles. The molecule has 0 bridgehead atoms. The Hall–Kier alpha value is -0.460. The summed E-state index contributed by atoms with van der Waals surface area (Å²) in [5, 5.41) is 0. The monoisotopic (exact) mass is 240 g/mol. The Morgan fingerprint density at radius 3 is 1.76 bits per heavy atom. The third kappa shape index (κ3) is 13.5. The van der Waals surface area contributed by atoms with Crippen LogP contribution in [-0.2, 0) is 4.74 Å². The van der Waals surface area contributed by atoms with Gasteiger partial charge in [0.15, 0.2) is 0 Å². The first-order chi connectivity index (χ1) is 8.31. The van der Waals surface area contributed by atoms with E-state index in [4.69, 9.17) is 4.74 Å². The molecule has 0 atom stereocenters. The maximum atomic E-state index is 5.52. The van der Waals surface area contributed by atoms with Gasteiger partial charge in [0.2, 0.25) is 0 Å². The number of allylic oxidation sites excluding steroid dienone is 2. The Morgan fingerprint density at radius 2 is 1.29 bits per heavy atom. The van der Waals surface area contributed by atoms with Crippen molar-refractivity contribution in [2.24, 2.45) is 0 Å². The van der Waals surface area contributed by atoms with Crippen molar-refractivity contribution in [1.82, 2.24) is 0 Å². The summed E-state index contributed by atoms with van der Waals surface area (Å²) in [6, 6.07) is 0. The predicted octanol–water partition coefficient (Wildman–Crippen LogP) is 5.85. The molecule has 0 N–H and O–H groups in total. The Bertz CT molecular complexity index is 172. The normalized spacial score (nSPS) is 11.8. The standard InChI is InChI=1S/C16H32O/c1-4-6-7-8-9-10-11-12-13-14-15-17-16(3)5-2/h5H,4,6-15H2,1-3H3/b16-5+. The highest BCUT2D eigenvalue weighted by Gasteiger charge is 1.93. The van der Waals surface area contributed by atoms with E-state index < -0.39 is 0 Å². The van der Waals surface area contributed by atoms with Crippen molar-refractivity contribution >= 4 is 0 Å². The highest BCUT2D eigenvalue weighted by Crippen LogP contribution is 2.10. The van der Waals surface area contributed by atoms with Crippen LogP contribution in [0.2, 0.25) is 0 Å². The lowest BCUT2D eigenvalue weighted by atomic mass is 10.1. The van der Waals surface area contributed by atoms with E-state index in [0.717, 1.165) is 12.4 Å². The van der Waals surface area contributed by atoms with Crippen molar-refractivity contribution < 1.29 is 4.74 Å². The summed E-state index contributed by atoms with van der Waals surface area (Å²) in [6.07, 6.45) is 15.9. The van der Waals surface area contributed by atoms with Crippen LogP contribution in [0.25, 0.3) is 0 Å². The van der Waals surface area contributed by atoms with Crippen LogP contribution in [0, 0.1) is 0 Å². The first kappa shape index (κ1) is 16.5. The van der Waals surface area contributed by atoms with Crippen molar-refractivity contribution in [2.45, 2.75) is 85.0 Å². The van der Waals surface area contributed by atoms with E-state index in [1.54, 1.807) is 0 Å². The lowest BCUT2D eigenvalue weighted by Gasteiger charge is -2.05. The van der Waals surface area contributed by atoms with Gasteiger partial charge in [0.25, 0.3) is 0 Å². The molecule has 0 aliphatic rings. The highest BCUT2D eigenvalue weighted by atomic mass is 16.5. The lowest BCUT2D eigenvalue weighted by Crippen LogP contribution is -1.92. The zero-order chi connectivity index (χ0) is 12.8. The Kier molecular flexibility index (Phi) is 13.2. The molecule has 0 aromatic carbocycles. The number of ether oxygens (including phenoxy) is 1. The average molecular weight is 240 g/mol. The maximum absolute atomic E-state index is 5.52. The molecule has 0 spiro atoms. The first-order valence-corrected chi connectivity index (χ1v) is 7.57. The molecule has 1 nitrogen and oxygen atoms in total. The molecule has 102 valence electrons. The predicted molar refractivity (Wildman–Crippen MR) is 77.2 cm³/mol. The van der Waals surface area contributed by atoms with Gasteiger partial charge in [0, 0.05) is 0 Å². The van der Waals surface area contributed by atoms with Crippen LogP contribution in [0.5, 0.6) is 0 Å². The Balaban J connectivity index is 2.99. The number of hydrogen-bond donors (Lipinski definition) is 0. The SMILES string of the molecule is C/C=C(\C)OCCCCCCCCCCCC. The Morgan fingerprint density at radius 1 is 0.824 bits per heavy atom. The zero-order valence-electron chi connectivity index (χ0n) is 12.3. The van der Waals surface area contributed by atoms with Crippen LogP contribution in [0.15, 0.2) is 11.8 Å². The fraction of sp³-hybridized carbons (Fsp3) is 0.875. The van der Waals surface area contributed by atoms with Gasteiger partial charge in [0.1, 0.15) is 0 Å². The molecular weight excluding hydrogens is 208 g/mol. The largest absolute Gasteiger partial charge is 0.499 e. The quantitative estimate of drug-likeness (QED) is 0.307. The lowest BCUT2D eigenvalue weighted by molar-refractivity contribution is 0.206. The van der Waals surface area contributed by atoms with Crippen molar-refractivity contribution in [3.05, 3.63) is 11.8 Å². The van der Waals surface area contributed by atoms with Crippen LogP contribution in [0.3, 0.4) is 0 Å². The third-order valence-corrected chi connectivity index (χ3v) is 3.23. The third-order valence-electron chi connectivity index (χ3n) is 3.23. The number of rotatable bonds is 12. The summed E-state index contributed by atoms with van der Waals surface area (Å²) < 4.78 is 5.52. The second kappa shape index (κ2) is 13.6. The van der Waals surface area contributed by atoms with Gasteiger partial charge in [-0.3, -0.25) is 0 Å². The second-order valence-corrected chi connectivity index (χ2v) is 4.93. The zero-order valence-corrected chi connectivity index (χ0v) is 12.3. The first-order valence-electron chi connectivity index (χ1n) is 7.57. The summed E-state index contributed by atoms with van der Waals surface area (Å²) in [4.78, 5) is 0. The topological polar surface area (TPSA) is 9.23 Å². The molecule has 0 saturated carbocycles. The maximum Gasteiger partial charge on any atom is 0.0886 e. The van der Waals surface area contributed by atoms with Crippen LogP contribution in [-0.4, -0.2) is 6.61 Å². The molecule has 0 aliphatic carbocycles. The molecule has 0 amide bonds. The van der Waals surface area contributed by atoms with Crippen LogP contribution in [0.1, 0.15) is 85.0 Å². The van der Waals surface area contributed by atoms with Crippen molar-refractivity contribution in [2.75, 3.05) is 6.61 Å². The highest BCUT2D eigenvalue weighted by molar-refractivity contribution is 4.83. The van der Waals surface area contributed by atoms with Gasteiger partial charge >= 0.3 is 0 Å². The minimum atomic E-state index is 0.896. The molecule has 1 heteroatoms. The van der Waals surface area contributed by atoms with Gasteiger partial charge in [0.05, 0.1) is 12.4 Å². The second-order valence-electron chi connectivity index (χ2n) is 4.93. The van der Waals surface area contributed by atoms with E-state index in [9.17, 15) is 0 Å². The summed E-state index contributed by atoms with van der Waals surface area (Å²) in [5.41, 5.74) is 0. The van der Waals surface area contributed by atoms with Crippen LogP contribution in [0.4, 0.5) is 0 Å². The van der Waals surface area contributed by atoms with Crippen molar-refractivity contribution in [3.8, 4) is 0 Å². The van der Waals surface area contributed by atoms with Gasteiger partial charge in [-0.05, 0) is 20.3 Å². The van der Waals surface area contributed by atoms with E-state index in [2.05, 4.69) is 6.92 Å². The van der Waals surface area contributed by atoms with E-state index in [1.807, 2.05) is 19.9 Å². The number of unbranched alkanes of at least 4 members (excludes halogenated alkanes) is 9. The van der Waals surface area contributed by atoms with Gasteiger partial charge in [-0.25, -0.2) is 0 Å². The van der Waals surface area contributed by atoms with Gasteiger partial charge < -0.3 is 4.74 Å². The van der Waals surface area contributed by atoms with E-state index in [1.165, 1.54) is 64.2 Å². The van der Waals surface area contributed by atoms with E-state index in [0.29, 0.717) is 0 Å². The summed E-state index contributed by atoms with van der Waals surface area (Å²) in [5.74, 6) is 1.06. The summed E-state index contributed by atoms with van der Waals surface area (Å²) >= 11 is 0. The van der Waals surface area contributed by atoms with Crippen molar-refractivity contribution in [3.63, 3.8) is 0 Å². The molecule has 0 aliphatic heterocycles. The smallest absolute Gasteiger partial charge is 0.0886 e. The molecule has 0 rings (SSSR count). The minimum Gasteiger partial charge on any atom is -0.499 e. The average Bonchev–Trinajstić information content (AvgIpc) is 2.35. The molecule has 0 unspecified atom stereocenters. The van der Waals surface area contributed by atoms with Crippen LogP contribution < -0.4 is 0 Å². The van der Waals surface area contributed by atoms with E-state index in [-0.39, 0.29) is 0 Å². The molecule has 0 aromatic heterocycles. The molecule has 0 saturated heterocycles. The van der Waals surface area contributed by atoms with Gasteiger partial charge in [-0.15, -0.1) is 0 Å². The molecular formula is C16H32O. The fourth-order valence-corrected chi connectivity index (χ4v) is 1.91. The molecule has 17 heavy (non-hydrogen) atoms. The van der Waals surface area contributed by atoms with E-state index >= 15 is 0 Å².